The molecular weight excluding hydrogens is 374 g/mol. The van der Waals surface area contributed by atoms with Gasteiger partial charge in [-0.3, -0.25) is 19.3 Å². The molecule has 2 aliphatic heterocycles. The molecule has 2 atom stereocenters. The van der Waals surface area contributed by atoms with Crippen molar-refractivity contribution in [2.45, 2.75) is 32.1 Å². The fraction of sp³-hybridized carbons (Fsp3) is 0.524. The molecule has 0 bridgehead atoms. The number of carboxylic acid groups (broad SMARTS) is 1. The third-order valence-corrected chi connectivity index (χ3v) is 6.94. The monoisotopic (exact) mass is 397 g/mol. The zero-order valence-corrected chi connectivity index (χ0v) is 16.0. The van der Waals surface area contributed by atoms with E-state index in [4.69, 9.17) is 0 Å². The molecule has 2 saturated carbocycles. The minimum atomic E-state index is -0.832. The Morgan fingerprint density at radius 3 is 2.59 bits per heavy atom. The smallest absolute Gasteiger partial charge is 0.321 e. The fourth-order valence-corrected chi connectivity index (χ4v) is 5.09. The maximum absolute atomic E-state index is 12.7. The van der Waals surface area contributed by atoms with E-state index >= 15 is 0 Å². The molecule has 3 fully saturated rings. The maximum atomic E-state index is 12.7. The van der Waals surface area contributed by atoms with E-state index < -0.39 is 11.4 Å². The van der Waals surface area contributed by atoms with Crippen LogP contribution < -0.4 is 5.32 Å². The number of carboxylic acids is 1. The molecule has 0 unspecified atom stereocenters. The molecule has 0 spiro atoms. The Hall–Kier alpha value is -2.90. The number of benzene rings is 1. The van der Waals surface area contributed by atoms with Crippen LogP contribution >= 0.6 is 0 Å². The summed E-state index contributed by atoms with van der Waals surface area (Å²) in [5.41, 5.74) is 0.286. The third-order valence-electron chi connectivity index (χ3n) is 6.94. The minimum absolute atomic E-state index is 0.0130. The van der Waals surface area contributed by atoms with Gasteiger partial charge in [-0.15, -0.1) is 0 Å². The molecule has 0 aromatic heterocycles. The van der Waals surface area contributed by atoms with E-state index in [1.54, 1.807) is 23.1 Å². The summed E-state index contributed by atoms with van der Waals surface area (Å²) < 4.78 is 0. The van der Waals surface area contributed by atoms with E-state index in [1.165, 1.54) is 4.90 Å². The molecule has 1 saturated heterocycles. The van der Waals surface area contributed by atoms with Crippen molar-refractivity contribution in [1.82, 2.24) is 9.80 Å². The summed E-state index contributed by atoms with van der Waals surface area (Å²) in [4.78, 5) is 52.5. The number of fused-ring (bicyclic) bond motifs is 2. The molecule has 4 aliphatic rings. The molecule has 5 rings (SSSR count). The van der Waals surface area contributed by atoms with Gasteiger partial charge in [0.15, 0.2) is 0 Å². The first kappa shape index (κ1) is 18.1. The quantitative estimate of drug-likeness (QED) is 0.759. The largest absolute Gasteiger partial charge is 0.481 e. The molecule has 152 valence electrons. The van der Waals surface area contributed by atoms with E-state index in [1.807, 2.05) is 0 Å². The van der Waals surface area contributed by atoms with Crippen LogP contribution in [0.15, 0.2) is 18.2 Å². The lowest BCUT2D eigenvalue weighted by atomic mass is 9.81. The molecule has 2 heterocycles. The van der Waals surface area contributed by atoms with Gasteiger partial charge in [-0.1, -0.05) is 6.42 Å². The summed E-state index contributed by atoms with van der Waals surface area (Å²) in [7, 11) is 0. The number of carbonyl (C=O) groups excluding carboxylic acids is 3. The van der Waals surface area contributed by atoms with Crippen LogP contribution in [0.25, 0.3) is 0 Å². The molecule has 8 nitrogen and oxygen atoms in total. The number of imide groups is 1. The highest BCUT2D eigenvalue weighted by atomic mass is 16.4. The highest BCUT2D eigenvalue weighted by Crippen LogP contribution is 2.49. The Morgan fingerprint density at radius 2 is 1.90 bits per heavy atom. The number of hydrogen-bond donors (Lipinski definition) is 2. The number of carbonyl (C=O) groups is 4. The van der Waals surface area contributed by atoms with Gasteiger partial charge in [0, 0.05) is 25.3 Å². The summed E-state index contributed by atoms with van der Waals surface area (Å²) in [6.45, 7) is 1.09. The number of nitrogens with one attached hydrogen (secondary N) is 1. The van der Waals surface area contributed by atoms with E-state index in [0.29, 0.717) is 42.2 Å². The third kappa shape index (κ3) is 2.81. The molecule has 29 heavy (non-hydrogen) atoms. The van der Waals surface area contributed by atoms with E-state index in [-0.39, 0.29) is 30.3 Å². The number of amides is 4. The van der Waals surface area contributed by atoms with Gasteiger partial charge in [0.2, 0.25) is 0 Å². The van der Waals surface area contributed by atoms with Crippen LogP contribution in [0, 0.1) is 17.3 Å². The van der Waals surface area contributed by atoms with Crippen LogP contribution in [0.1, 0.15) is 52.8 Å². The van der Waals surface area contributed by atoms with Gasteiger partial charge in [0.25, 0.3) is 11.8 Å². The van der Waals surface area contributed by atoms with Crippen molar-refractivity contribution in [3.63, 3.8) is 0 Å². The summed E-state index contributed by atoms with van der Waals surface area (Å²) >= 11 is 0. The van der Waals surface area contributed by atoms with Gasteiger partial charge in [0.05, 0.1) is 16.5 Å². The lowest BCUT2D eigenvalue weighted by Crippen LogP contribution is -2.38. The molecular formula is C21H23N3O5. The normalized spacial score (nSPS) is 27.9. The van der Waals surface area contributed by atoms with E-state index in [0.717, 1.165) is 25.7 Å². The van der Waals surface area contributed by atoms with Gasteiger partial charge in [-0.25, -0.2) is 4.79 Å². The Bertz CT molecular complexity index is 940. The first-order valence-electron chi connectivity index (χ1n) is 10.2. The number of nitrogens with zero attached hydrogens (tertiary/aromatic N) is 2. The van der Waals surface area contributed by atoms with Crippen LogP contribution in [0.4, 0.5) is 10.5 Å². The SMILES string of the molecule is O=C(Nc1ccc2c(c1)C(=O)N(CC1CC1)C2=O)N1C[C@@H]2CCC[C@@]2(C(=O)O)C1. The second-order valence-electron chi connectivity index (χ2n) is 8.79. The van der Waals surface area contributed by atoms with Gasteiger partial charge in [-0.2, -0.15) is 0 Å². The van der Waals surface area contributed by atoms with Gasteiger partial charge >= 0.3 is 12.0 Å². The Balaban J connectivity index is 1.31. The molecule has 4 amide bonds. The summed E-state index contributed by atoms with van der Waals surface area (Å²) in [5.74, 6) is -1.01. The van der Waals surface area contributed by atoms with Crippen molar-refractivity contribution < 1.29 is 24.3 Å². The van der Waals surface area contributed by atoms with E-state index in [9.17, 15) is 24.3 Å². The molecule has 2 N–H and O–H groups in total. The van der Waals surface area contributed by atoms with Crippen LogP contribution in [-0.2, 0) is 4.79 Å². The number of hydrogen-bond acceptors (Lipinski definition) is 4. The molecule has 2 aliphatic carbocycles. The van der Waals surface area contributed by atoms with Crippen molar-refractivity contribution in [2.75, 3.05) is 25.0 Å². The van der Waals surface area contributed by atoms with Crippen molar-refractivity contribution in [2.24, 2.45) is 17.3 Å². The second kappa shape index (κ2) is 6.30. The maximum Gasteiger partial charge on any atom is 0.321 e. The summed E-state index contributed by atoms with van der Waals surface area (Å²) in [5, 5.41) is 12.5. The van der Waals surface area contributed by atoms with Crippen molar-refractivity contribution in [1.29, 1.82) is 0 Å². The standard InChI is InChI=1S/C21H23N3O5/c25-17-15-6-5-14(8-16(15)18(26)24(17)9-12-3-4-12)22-20(29)23-10-13-2-1-7-21(13,11-23)19(27)28/h5-6,8,12-13H,1-4,7,9-11H2,(H,22,29)(H,27,28)/t13-,21+/m0/s1. The number of urea groups is 1. The predicted molar refractivity (Wildman–Crippen MR) is 103 cm³/mol. The Labute approximate surface area is 167 Å². The molecule has 0 radical (unpaired) electrons. The zero-order chi connectivity index (χ0) is 20.3. The van der Waals surface area contributed by atoms with Crippen molar-refractivity contribution in [3.05, 3.63) is 29.3 Å². The highest BCUT2D eigenvalue weighted by Gasteiger charge is 2.55. The second-order valence-corrected chi connectivity index (χ2v) is 8.79. The average molecular weight is 397 g/mol. The van der Waals surface area contributed by atoms with Crippen LogP contribution in [-0.4, -0.2) is 58.4 Å². The van der Waals surface area contributed by atoms with Gasteiger partial charge < -0.3 is 15.3 Å². The number of rotatable bonds is 4. The van der Waals surface area contributed by atoms with Crippen LogP contribution in [0.3, 0.4) is 0 Å². The minimum Gasteiger partial charge on any atom is -0.481 e. The molecule has 1 aromatic rings. The summed E-state index contributed by atoms with van der Waals surface area (Å²) in [6, 6.07) is 4.37. The average Bonchev–Trinajstić information content (AvgIpc) is 3.21. The number of likely N-dealkylation sites (tertiary alicyclic amines) is 1. The number of aliphatic carboxylic acids is 1. The molecule has 1 aromatic carbocycles. The first-order valence-corrected chi connectivity index (χ1v) is 10.2. The van der Waals surface area contributed by atoms with Crippen LogP contribution in [0.2, 0.25) is 0 Å². The van der Waals surface area contributed by atoms with Crippen molar-refractivity contribution in [3.8, 4) is 0 Å². The highest BCUT2D eigenvalue weighted by molar-refractivity contribution is 6.21. The first-order chi connectivity index (χ1) is 13.9. The molecule has 8 heteroatoms. The Morgan fingerprint density at radius 1 is 1.14 bits per heavy atom. The zero-order valence-electron chi connectivity index (χ0n) is 16.0. The van der Waals surface area contributed by atoms with E-state index in [2.05, 4.69) is 5.32 Å². The Kier molecular flexibility index (Phi) is 3.94. The van der Waals surface area contributed by atoms with Gasteiger partial charge in [-0.05, 0) is 55.7 Å². The van der Waals surface area contributed by atoms with Gasteiger partial charge in [0.1, 0.15) is 0 Å². The topological polar surface area (TPSA) is 107 Å². The van der Waals surface area contributed by atoms with Crippen LogP contribution in [0.5, 0.6) is 0 Å². The lowest BCUT2D eigenvalue weighted by molar-refractivity contribution is -0.149. The van der Waals surface area contributed by atoms with Crippen molar-refractivity contribution >= 4 is 29.5 Å². The lowest BCUT2D eigenvalue weighted by Gasteiger charge is -2.23. The fourth-order valence-electron chi connectivity index (χ4n) is 5.09. The summed E-state index contributed by atoms with van der Waals surface area (Å²) in [6.07, 6.45) is 4.39. The predicted octanol–water partition coefficient (Wildman–Crippen LogP) is 2.41. The number of anilines is 1.